The van der Waals surface area contributed by atoms with E-state index in [0.717, 1.165) is 40.8 Å². The molecule has 43 heavy (non-hydrogen) atoms. The second-order valence-corrected chi connectivity index (χ2v) is 12.2. The number of rotatable bonds is 6. The highest BCUT2D eigenvalue weighted by Gasteiger charge is 2.57. The van der Waals surface area contributed by atoms with Crippen molar-refractivity contribution in [1.82, 2.24) is 4.98 Å². The number of nitrogens with one attached hydrogen (secondary N) is 2. The molecule has 8 nitrogen and oxygen atoms in total. The summed E-state index contributed by atoms with van der Waals surface area (Å²) in [6, 6.07) is 18.3. The second kappa shape index (κ2) is 11.0. The average Bonchev–Trinajstić information content (AvgIpc) is 3.45. The number of anilines is 2. The number of hydrogen-bond donors (Lipinski definition) is 2. The summed E-state index contributed by atoms with van der Waals surface area (Å²) < 4.78 is 47.1. The third kappa shape index (κ3) is 5.45. The Morgan fingerprint density at radius 3 is 2.47 bits per heavy atom. The molecule has 0 bridgehead atoms. The van der Waals surface area contributed by atoms with Crippen molar-refractivity contribution in [3.05, 3.63) is 104 Å². The molecule has 0 radical (unpaired) electrons. The van der Waals surface area contributed by atoms with Crippen LogP contribution in [-0.2, 0) is 20.6 Å². The topological polar surface area (TPSA) is 109 Å². The first-order valence-electron chi connectivity index (χ1n) is 13.0. The Hall–Kier alpha value is -4.36. The number of H-pyrrole nitrogens is 1. The number of amides is 3. The smallest absolute Gasteiger partial charge is 0.418 e. The number of thiazole rings is 1. The summed E-state index contributed by atoms with van der Waals surface area (Å²) in [7, 11) is 0. The third-order valence-electron chi connectivity index (χ3n) is 7.19. The van der Waals surface area contributed by atoms with Crippen LogP contribution in [0.15, 0.2) is 82.6 Å². The minimum atomic E-state index is -4.78. The molecule has 3 heterocycles. The fraction of sp³-hybridized carbons (Fsp3) is 0.200. The molecule has 0 spiro atoms. The van der Waals surface area contributed by atoms with Crippen LogP contribution >= 0.6 is 23.1 Å². The average molecular weight is 626 g/mol. The zero-order valence-electron chi connectivity index (χ0n) is 22.3. The molecule has 220 valence electrons. The predicted octanol–water partition coefficient (Wildman–Crippen LogP) is 5.58. The maximum Gasteiger partial charge on any atom is 0.418 e. The van der Waals surface area contributed by atoms with E-state index in [4.69, 9.17) is 4.74 Å². The highest BCUT2D eigenvalue weighted by atomic mass is 32.2. The summed E-state index contributed by atoms with van der Waals surface area (Å²) in [5.74, 6) is -3.38. The fourth-order valence-electron chi connectivity index (χ4n) is 5.36. The minimum Gasteiger partial charge on any atom is -0.484 e. The van der Waals surface area contributed by atoms with E-state index in [1.165, 1.54) is 12.1 Å². The Morgan fingerprint density at radius 1 is 1.00 bits per heavy atom. The first-order valence-corrected chi connectivity index (χ1v) is 14.7. The Balaban J connectivity index is 1.27. The van der Waals surface area contributed by atoms with Crippen LogP contribution < -0.4 is 19.8 Å². The van der Waals surface area contributed by atoms with Crippen LogP contribution in [-0.4, -0.2) is 34.6 Å². The van der Waals surface area contributed by atoms with Crippen molar-refractivity contribution in [2.24, 2.45) is 5.92 Å². The number of alkyl halides is 3. The maximum absolute atomic E-state index is 13.8. The first-order chi connectivity index (χ1) is 20.5. The van der Waals surface area contributed by atoms with Gasteiger partial charge in [0.1, 0.15) is 11.0 Å². The molecule has 1 aromatic heterocycles. The van der Waals surface area contributed by atoms with E-state index in [-0.39, 0.29) is 17.4 Å². The number of hydrogen-bond acceptors (Lipinski definition) is 7. The van der Waals surface area contributed by atoms with Gasteiger partial charge in [0.25, 0.3) is 5.91 Å². The van der Waals surface area contributed by atoms with Crippen molar-refractivity contribution in [3.8, 4) is 5.75 Å². The van der Waals surface area contributed by atoms with Gasteiger partial charge in [-0.15, -0.1) is 0 Å². The van der Waals surface area contributed by atoms with Gasteiger partial charge in [0, 0.05) is 16.5 Å². The molecule has 6 rings (SSSR count). The number of aromatic amines is 1. The Labute approximate surface area is 250 Å². The molecule has 3 amide bonds. The summed E-state index contributed by atoms with van der Waals surface area (Å²) in [5, 5.41) is 2.11. The van der Waals surface area contributed by atoms with Gasteiger partial charge >= 0.3 is 11.0 Å². The largest absolute Gasteiger partial charge is 0.484 e. The number of para-hydroxylation sites is 1. The molecule has 2 unspecified atom stereocenters. The summed E-state index contributed by atoms with van der Waals surface area (Å²) in [6.07, 6.45) is -4.78. The minimum absolute atomic E-state index is 0.262. The Kier molecular flexibility index (Phi) is 7.38. The number of carbonyl (C=O) groups is 3. The van der Waals surface area contributed by atoms with Crippen molar-refractivity contribution in [2.45, 2.75) is 29.3 Å². The SMILES string of the molecule is Cc1cccc(NC(=O)COc2ccc([C@H]3c4sc(=O)[nH]c4SC4C(=O)N(c5ccccc5C(F)(F)F)C(=O)C43)cc2)c1. The van der Waals surface area contributed by atoms with Crippen molar-refractivity contribution in [2.75, 3.05) is 16.8 Å². The molecule has 2 N–H and O–H groups in total. The summed E-state index contributed by atoms with van der Waals surface area (Å²) >= 11 is 1.87. The number of carbonyl (C=O) groups excluding carboxylic acids is 3. The van der Waals surface area contributed by atoms with Gasteiger partial charge < -0.3 is 15.0 Å². The van der Waals surface area contributed by atoms with Crippen LogP contribution in [0.3, 0.4) is 0 Å². The molecule has 13 heteroatoms. The molecular formula is C30H22F3N3O5S2. The molecule has 1 saturated heterocycles. The molecule has 1 fully saturated rings. The highest BCUT2D eigenvalue weighted by Crippen LogP contribution is 2.54. The van der Waals surface area contributed by atoms with Crippen molar-refractivity contribution >= 4 is 52.2 Å². The van der Waals surface area contributed by atoms with Gasteiger partial charge in [0.2, 0.25) is 11.8 Å². The van der Waals surface area contributed by atoms with E-state index >= 15 is 0 Å². The van der Waals surface area contributed by atoms with E-state index < -0.39 is 46.3 Å². The number of thioether (sulfide) groups is 1. The lowest BCUT2D eigenvalue weighted by Crippen LogP contribution is -2.33. The summed E-state index contributed by atoms with van der Waals surface area (Å²) in [5.41, 5.74) is 0.577. The zero-order valence-corrected chi connectivity index (χ0v) is 23.9. The van der Waals surface area contributed by atoms with E-state index in [0.29, 0.717) is 31.8 Å². The quantitative estimate of drug-likeness (QED) is 0.271. The van der Waals surface area contributed by atoms with Crippen LogP contribution in [0.25, 0.3) is 0 Å². The van der Waals surface area contributed by atoms with E-state index in [1.54, 1.807) is 30.3 Å². The van der Waals surface area contributed by atoms with Gasteiger partial charge in [-0.25, -0.2) is 4.90 Å². The van der Waals surface area contributed by atoms with E-state index in [9.17, 15) is 32.3 Å². The lowest BCUT2D eigenvalue weighted by molar-refractivity contribution is -0.137. The van der Waals surface area contributed by atoms with Gasteiger partial charge in [-0.1, -0.05) is 59.5 Å². The summed E-state index contributed by atoms with van der Waals surface area (Å²) in [4.78, 5) is 55.5. The molecular weight excluding hydrogens is 603 g/mol. The van der Waals surface area contributed by atoms with Crippen LogP contribution in [0.4, 0.5) is 24.5 Å². The van der Waals surface area contributed by atoms with E-state index in [1.807, 2.05) is 25.1 Å². The molecule has 3 atom stereocenters. The molecule has 2 aliphatic rings. The number of imide groups is 1. The number of aryl methyl sites for hydroxylation is 1. The number of ether oxygens (including phenoxy) is 1. The van der Waals surface area contributed by atoms with Gasteiger partial charge in [0.05, 0.1) is 22.2 Å². The predicted molar refractivity (Wildman–Crippen MR) is 156 cm³/mol. The van der Waals surface area contributed by atoms with Crippen molar-refractivity contribution < 1.29 is 32.3 Å². The monoisotopic (exact) mass is 625 g/mol. The summed E-state index contributed by atoms with van der Waals surface area (Å²) in [6.45, 7) is 1.65. The number of fused-ring (bicyclic) bond motifs is 2. The number of nitrogens with zero attached hydrogens (tertiary/aromatic N) is 1. The van der Waals surface area contributed by atoms with Gasteiger partial charge in [-0.05, 0) is 54.4 Å². The van der Waals surface area contributed by atoms with E-state index in [2.05, 4.69) is 10.3 Å². The second-order valence-electron chi connectivity index (χ2n) is 10.1. The number of halogens is 3. The van der Waals surface area contributed by atoms with Crippen LogP contribution in [0.1, 0.15) is 27.5 Å². The Morgan fingerprint density at radius 2 is 1.74 bits per heavy atom. The molecule has 0 saturated carbocycles. The molecule has 2 aliphatic heterocycles. The molecule has 3 aromatic carbocycles. The maximum atomic E-state index is 13.8. The van der Waals surface area contributed by atoms with Crippen molar-refractivity contribution in [3.63, 3.8) is 0 Å². The number of aromatic nitrogens is 1. The molecule has 0 aliphatic carbocycles. The highest BCUT2D eigenvalue weighted by molar-refractivity contribution is 8.00. The third-order valence-corrected chi connectivity index (χ3v) is 9.59. The normalized spacial score (nSPS) is 19.6. The van der Waals surface area contributed by atoms with Crippen LogP contribution in [0.5, 0.6) is 5.75 Å². The lowest BCUT2D eigenvalue weighted by atomic mass is 9.83. The van der Waals surface area contributed by atoms with Gasteiger partial charge in [-0.2, -0.15) is 13.2 Å². The van der Waals surface area contributed by atoms with Crippen LogP contribution in [0.2, 0.25) is 0 Å². The van der Waals surface area contributed by atoms with Crippen molar-refractivity contribution in [1.29, 1.82) is 0 Å². The zero-order chi connectivity index (χ0) is 30.5. The number of benzene rings is 3. The fourth-order valence-corrected chi connectivity index (χ4v) is 7.88. The van der Waals surface area contributed by atoms with Gasteiger partial charge in [0.15, 0.2) is 6.61 Å². The first kappa shape index (κ1) is 28.7. The Bertz CT molecular complexity index is 1800. The van der Waals surface area contributed by atoms with Gasteiger partial charge in [-0.3, -0.25) is 19.2 Å². The van der Waals surface area contributed by atoms with Crippen LogP contribution in [0, 0.1) is 12.8 Å². The lowest BCUT2D eigenvalue weighted by Gasteiger charge is -2.29. The standard InChI is InChI=1S/C30H22F3N3O5S2/c1-15-5-4-6-17(13-15)34-21(37)14-41-18-11-9-16(10-12-18)22-23-25(42-26-24(22)43-29(40)35-26)28(39)36(27(23)38)20-8-3-2-7-19(20)30(31,32)33/h2-13,22-23,25H,14H2,1H3,(H,34,37)(H,35,40)/t22-,23?,25?/m1/s1. The molecule has 4 aromatic rings.